The van der Waals surface area contributed by atoms with E-state index in [4.69, 9.17) is 9.47 Å². The van der Waals surface area contributed by atoms with E-state index in [-0.39, 0.29) is 22.8 Å². The van der Waals surface area contributed by atoms with Gasteiger partial charge >= 0.3 is 11.9 Å². The molecular weight excluding hydrogens is 592 g/mol. The van der Waals surface area contributed by atoms with Gasteiger partial charge in [-0.1, -0.05) is 63.8 Å². The molecule has 2 spiro atoms. The Bertz CT molecular complexity index is 1290. The van der Waals surface area contributed by atoms with Gasteiger partial charge in [-0.25, -0.2) is 0 Å². The van der Waals surface area contributed by atoms with Gasteiger partial charge in [0.1, 0.15) is 0 Å². The van der Waals surface area contributed by atoms with Crippen molar-refractivity contribution in [2.75, 3.05) is 13.2 Å². The summed E-state index contributed by atoms with van der Waals surface area (Å²) in [5.74, 6) is 4.30. The third kappa shape index (κ3) is 5.00. The molecule has 12 atom stereocenters. The molecule has 0 aromatic heterocycles. The molecule has 0 N–H and O–H groups in total. The highest BCUT2D eigenvalue weighted by Crippen LogP contribution is 2.73. The maximum atomic E-state index is 11.8. The Morgan fingerprint density at radius 3 is 1.40 bits per heavy atom. The highest BCUT2D eigenvalue weighted by Gasteiger charge is 2.64. The summed E-state index contributed by atoms with van der Waals surface area (Å²) in [6, 6.07) is 0. The van der Waals surface area contributed by atoms with Crippen molar-refractivity contribution >= 4 is 11.9 Å². The van der Waals surface area contributed by atoms with Crippen molar-refractivity contribution < 1.29 is 19.1 Å². The Morgan fingerprint density at radius 1 is 0.583 bits per heavy atom. The lowest BCUT2D eigenvalue weighted by atomic mass is 9.41. The molecule has 0 aromatic rings. The topological polar surface area (TPSA) is 52.6 Å². The predicted octanol–water partition coefficient (Wildman–Crippen LogP) is 10.8. The van der Waals surface area contributed by atoms with Gasteiger partial charge in [0.15, 0.2) is 0 Å². The van der Waals surface area contributed by atoms with Gasteiger partial charge in [0.05, 0.1) is 13.2 Å². The summed E-state index contributed by atoms with van der Waals surface area (Å²) in [5.41, 5.74) is 5.48. The standard InChI is InChI=1S/C44H66O4/c1-29(45)47-27-39(3)17-7-19-41(5)35(39)15-21-43-23-31(33(25-43)11-13-37(41)43)9-10-32-24-44-22-16-36-40(4,28-48-30(2)46)18-8-20-42(36,6)38(44)14-12-34(32)26-44/h23-24,33-38H,7-22,25-28H2,1-6H3/t33-,34-,35-,36-,37+,38+,39+,40+,41-,42-,43-,44-/m1/s1. The number of hydrogen-bond acceptors (Lipinski definition) is 4. The summed E-state index contributed by atoms with van der Waals surface area (Å²) in [5, 5.41) is 0. The average Bonchev–Trinajstić information content (AvgIpc) is 3.44. The van der Waals surface area contributed by atoms with Crippen LogP contribution in [-0.2, 0) is 19.1 Å². The molecule has 0 unspecified atom stereocenters. The number of allylic oxidation sites excluding steroid dienone is 4. The van der Waals surface area contributed by atoms with E-state index in [9.17, 15) is 9.59 Å². The number of carbonyl (C=O) groups excluding carboxylic acids is 2. The Hall–Kier alpha value is -1.58. The molecule has 0 radical (unpaired) electrons. The zero-order chi connectivity index (χ0) is 33.7. The van der Waals surface area contributed by atoms with Crippen molar-refractivity contribution in [2.24, 2.45) is 68.0 Å². The van der Waals surface area contributed by atoms with Crippen LogP contribution in [-0.4, -0.2) is 25.2 Å². The van der Waals surface area contributed by atoms with Gasteiger partial charge in [-0.15, -0.1) is 0 Å². The van der Waals surface area contributed by atoms with Crippen molar-refractivity contribution in [3.05, 3.63) is 23.3 Å². The van der Waals surface area contributed by atoms with E-state index in [1.807, 2.05) is 11.1 Å². The van der Waals surface area contributed by atoms with Crippen molar-refractivity contribution in [2.45, 2.75) is 157 Å². The van der Waals surface area contributed by atoms with E-state index in [1.54, 1.807) is 13.8 Å². The fourth-order valence-electron chi connectivity index (χ4n) is 16.1. The van der Waals surface area contributed by atoms with Crippen molar-refractivity contribution in [3.8, 4) is 0 Å². The molecule has 6 saturated carbocycles. The molecular formula is C44H66O4. The molecule has 8 aliphatic rings. The van der Waals surface area contributed by atoms with Crippen LogP contribution >= 0.6 is 0 Å². The van der Waals surface area contributed by atoms with Gasteiger partial charge in [-0.3, -0.25) is 9.59 Å². The maximum Gasteiger partial charge on any atom is 0.302 e. The second kappa shape index (κ2) is 11.5. The second-order valence-electron chi connectivity index (χ2n) is 20.2. The van der Waals surface area contributed by atoms with Gasteiger partial charge in [-0.05, 0) is 160 Å². The quantitative estimate of drug-likeness (QED) is 0.202. The molecule has 4 nitrogen and oxygen atoms in total. The lowest BCUT2D eigenvalue weighted by Crippen LogP contribution is -2.57. The molecule has 0 saturated heterocycles. The van der Waals surface area contributed by atoms with E-state index in [1.165, 1.54) is 116 Å². The van der Waals surface area contributed by atoms with E-state index in [2.05, 4.69) is 39.8 Å². The highest BCUT2D eigenvalue weighted by atomic mass is 16.5. The first-order valence-corrected chi connectivity index (χ1v) is 20.4. The Kier molecular flexibility index (Phi) is 8.01. The number of fused-ring (bicyclic) bond motifs is 6. The van der Waals surface area contributed by atoms with Crippen molar-refractivity contribution in [1.82, 2.24) is 0 Å². The molecule has 6 fully saturated rings. The molecule has 266 valence electrons. The minimum atomic E-state index is -0.119. The lowest BCUT2D eigenvalue weighted by molar-refractivity contribution is -0.167. The average molecular weight is 659 g/mol. The summed E-state index contributed by atoms with van der Waals surface area (Å²) in [6.45, 7) is 14.6. The van der Waals surface area contributed by atoms with Crippen LogP contribution in [0.1, 0.15) is 157 Å². The van der Waals surface area contributed by atoms with Crippen LogP contribution in [0.5, 0.6) is 0 Å². The molecule has 0 aromatic carbocycles. The fourth-order valence-corrected chi connectivity index (χ4v) is 16.1. The molecule has 4 bridgehead atoms. The summed E-state index contributed by atoms with van der Waals surface area (Å²) in [7, 11) is 0. The minimum Gasteiger partial charge on any atom is -0.465 e. The molecule has 4 heteroatoms. The van der Waals surface area contributed by atoms with Crippen molar-refractivity contribution in [1.29, 1.82) is 0 Å². The largest absolute Gasteiger partial charge is 0.465 e. The molecule has 0 amide bonds. The maximum absolute atomic E-state index is 11.8. The minimum absolute atomic E-state index is 0.119. The van der Waals surface area contributed by atoms with Gasteiger partial charge < -0.3 is 9.47 Å². The van der Waals surface area contributed by atoms with E-state index < -0.39 is 0 Å². The first-order valence-electron chi connectivity index (χ1n) is 20.4. The molecule has 8 aliphatic carbocycles. The number of esters is 2. The van der Waals surface area contributed by atoms with Gasteiger partial charge in [-0.2, -0.15) is 0 Å². The Morgan fingerprint density at radius 2 is 1.00 bits per heavy atom. The summed E-state index contributed by atoms with van der Waals surface area (Å²) < 4.78 is 11.4. The second-order valence-corrected chi connectivity index (χ2v) is 20.2. The van der Waals surface area contributed by atoms with Crippen LogP contribution in [0.4, 0.5) is 0 Å². The first kappa shape index (κ1) is 33.6. The lowest BCUT2D eigenvalue weighted by Gasteiger charge is -2.64. The van der Waals surface area contributed by atoms with Gasteiger partial charge in [0.2, 0.25) is 0 Å². The Labute approximate surface area is 292 Å². The fraction of sp³-hybridized carbons (Fsp3) is 0.864. The zero-order valence-electron chi connectivity index (χ0n) is 31.4. The molecule has 0 aliphatic heterocycles. The van der Waals surface area contributed by atoms with E-state index >= 15 is 0 Å². The third-order valence-electron chi connectivity index (χ3n) is 17.7. The monoisotopic (exact) mass is 658 g/mol. The molecule has 48 heavy (non-hydrogen) atoms. The zero-order valence-corrected chi connectivity index (χ0v) is 31.4. The van der Waals surface area contributed by atoms with Crippen LogP contribution in [0.15, 0.2) is 23.3 Å². The highest BCUT2D eigenvalue weighted by molar-refractivity contribution is 5.66. The summed E-state index contributed by atoms with van der Waals surface area (Å²) in [6.07, 6.45) is 29.8. The normalized spacial score (nSPS) is 50.2. The van der Waals surface area contributed by atoms with Crippen LogP contribution in [0.25, 0.3) is 0 Å². The van der Waals surface area contributed by atoms with Crippen molar-refractivity contribution in [3.63, 3.8) is 0 Å². The molecule has 0 heterocycles. The Balaban J connectivity index is 0.984. The predicted molar refractivity (Wildman–Crippen MR) is 191 cm³/mol. The smallest absolute Gasteiger partial charge is 0.302 e. The van der Waals surface area contributed by atoms with Crippen LogP contribution in [0, 0.1) is 68.0 Å². The number of hydrogen-bond donors (Lipinski definition) is 0. The number of ether oxygens (including phenoxy) is 2. The van der Waals surface area contributed by atoms with E-state index in [0.29, 0.717) is 46.7 Å². The van der Waals surface area contributed by atoms with Crippen LogP contribution in [0.2, 0.25) is 0 Å². The number of rotatable bonds is 7. The SMILES string of the molecule is CC(=O)OC[C@]1(C)CCC[C@]2(C)[C@@H]1CC[C@]13C=C(CCC4=C[C@@]56CC[C@@H]7[C@](C)(COC(C)=O)CCC[C@@]7(C)[C@@H]5CC[C@@H]4C6)[C@H](CC[C@H]12)C3. The van der Waals surface area contributed by atoms with E-state index in [0.717, 1.165) is 23.7 Å². The van der Waals surface area contributed by atoms with Crippen LogP contribution in [0.3, 0.4) is 0 Å². The van der Waals surface area contributed by atoms with Gasteiger partial charge in [0.25, 0.3) is 0 Å². The van der Waals surface area contributed by atoms with Crippen LogP contribution < -0.4 is 0 Å². The molecule has 8 rings (SSSR count). The summed E-state index contributed by atoms with van der Waals surface area (Å²) in [4.78, 5) is 23.6. The number of carbonyl (C=O) groups is 2. The summed E-state index contributed by atoms with van der Waals surface area (Å²) >= 11 is 0. The first-order chi connectivity index (χ1) is 22.7. The third-order valence-corrected chi connectivity index (χ3v) is 17.7. The van der Waals surface area contributed by atoms with Gasteiger partial charge in [0, 0.05) is 24.7 Å².